The number of allylic oxidation sites excluding steroid dienone is 2. The van der Waals surface area contributed by atoms with Gasteiger partial charge in [-0.15, -0.1) is 11.3 Å². The lowest BCUT2D eigenvalue weighted by molar-refractivity contribution is -0.213. The number of unbranched alkanes of at least 4 members (excludes halogenated alkanes) is 3. The van der Waals surface area contributed by atoms with Gasteiger partial charge >= 0.3 is 11.9 Å². The molecule has 3 amide bonds. The molecular formula is C46H71N5O8S. The second kappa shape index (κ2) is 24.2. The van der Waals surface area contributed by atoms with Crippen molar-refractivity contribution in [1.29, 1.82) is 0 Å². The van der Waals surface area contributed by atoms with Gasteiger partial charge in [-0.25, -0.2) is 10.0 Å². The molecule has 14 heteroatoms. The van der Waals surface area contributed by atoms with Crippen molar-refractivity contribution in [3.8, 4) is 0 Å². The van der Waals surface area contributed by atoms with Crippen LogP contribution >= 0.6 is 11.3 Å². The Morgan fingerprint density at radius 2 is 1.68 bits per heavy atom. The van der Waals surface area contributed by atoms with E-state index in [1.165, 1.54) is 17.6 Å². The first-order valence-corrected chi connectivity index (χ1v) is 22.7. The molecule has 1 heterocycles. The summed E-state index contributed by atoms with van der Waals surface area (Å²) in [7, 11) is 0. The minimum Gasteiger partial charge on any atom is -0.481 e. The lowest BCUT2D eigenvalue weighted by Crippen LogP contribution is -2.56. The van der Waals surface area contributed by atoms with Crippen LogP contribution < -0.4 is 16.4 Å². The number of esters is 1. The van der Waals surface area contributed by atoms with Crippen molar-refractivity contribution in [2.75, 3.05) is 12.3 Å². The van der Waals surface area contributed by atoms with E-state index in [4.69, 9.17) is 15.3 Å². The van der Waals surface area contributed by atoms with E-state index >= 15 is 0 Å². The molecule has 2 aromatic rings. The largest absolute Gasteiger partial charge is 0.481 e. The number of nitrogens with zero attached hydrogens (tertiary/aromatic N) is 2. The predicted octanol–water partition coefficient (Wildman–Crippen LogP) is 8.59. The first-order chi connectivity index (χ1) is 28.4. The molecule has 3 rings (SSSR count). The number of amides is 3. The van der Waals surface area contributed by atoms with E-state index in [1.54, 1.807) is 31.4 Å². The topological polar surface area (TPSA) is 190 Å². The van der Waals surface area contributed by atoms with Gasteiger partial charge in [0.15, 0.2) is 6.10 Å². The van der Waals surface area contributed by atoms with Crippen molar-refractivity contribution in [2.45, 2.75) is 164 Å². The first kappa shape index (κ1) is 50.1. The maximum Gasteiger partial charge on any atom is 0.309 e. The summed E-state index contributed by atoms with van der Waals surface area (Å²) in [5, 5.41) is 19.3. The number of carbonyl (C=O) groups excluding carboxylic acids is 4. The molecule has 1 aliphatic rings. The highest BCUT2D eigenvalue weighted by atomic mass is 32.1. The van der Waals surface area contributed by atoms with Crippen molar-refractivity contribution in [1.82, 2.24) is 20.7 Å². The molecule has 0 aliphatic heterocycles. The van der Waals surface area contributed by atoms with E-state index in [1.807, 2.05) is 46.8 Å². The summed E-state index contributed by atoms with van der Waals surface area (Å²) >= 11 is 1.15. The standard InChI is InChI=1S/C46H71N5O8S/c1-10-12-15-24-58-51(44(55)40(30(5)11-2)50-41(53)31(6)16-13-14-17-33-18-19-33)38(29(3)4)26-39(59-32(7)52)43-49-37(28-60-43)42(54)48-36(27-46(8,9)45(56)57)25-34-20-22-35(47)23-21-34/h18,20-23,28-31,36,38-40H,10-17,19,24-27,47H2,1-9H3,(H,48,54)(H,50,53)(H,56,57)/t30-,31+,36-,38+,39+,40-/m0/s1. The van der Waals surface area contributed by atoms with Crippen LogP contribution in [0, 0.1) is 23.2 Å². The number of hydroxylamine groups is 2. The van der Waals surface area contributed by atoms with Gasteiger partial charge in [-0.05, 0) is 88.3 Å². The van der Waals surface area contributed by atoms with E-state index in [9.17, 15) is 29.1 Å². The summed E-state index contributed by atoms with van der Waals surface area (Å²) in [6.45, 7) is 16.7. The molecule has 334 valence electrons. The van der Waals surface area contributed by atoms with Crippen LogP contribution in [0.5, 0.6) is 0 Å². The van der Waals surface area contributed by atoms with Crippen molar-refractivity contribution in [3.05, 3.63) is 57.6 Å². The van der Waals surface area contributed by atoms with Crippen LogP contribution in [0.1, 0.15) is 160 Å². The number of aliphatic carboxylic acids is 1. The molecule has 6 atom stereocenters. The molecule has 0 unspecified atom stereocenters. The van der Waals surface area contributed by atoms with Gasteiger partial charge in [0, 0.05) is 36.4 Å². The van der Waals surface area contributed by atoms with Gasteiger partial charge in [-0.3, -0.25) is 28.8 Å². The maximum absolute atomic E-state index is 14.7. The fourth-order valence-electron chi connectivity index (χ4n) is 7.04. The molecule has 1 aliphatic carbocycles. The zero-order valence-electron chi connectivity index (χ0n) is 37.4. The number of anilines is 1. The average Bonchev–Trinajstić information content (AvgIpc) is 3.89. The Bertz CT molecular complexity index is 1740. The van der Waals surface area contributed by atoms with Crippen LogP contribution in [0.3, 0.4) is 0 Å². The minimum absolute atomic E-state index is 0.0886. The highest BCUT2D eigenvalue weighted by Gasteiger charge is 2.39. The number of nitrogens with one attached hydrogen (secondary N) is 2. The molecule has 0 saturated heterocycles. The van der Waals surface area contributed by atoms with Crippen LogP contribution in [0.25, 0.3) is 0 Å². The van der Waals surface area contributed by atoms with Gasteiger partial charge in [0.1, 0.15) is 16.7 Å². The number of hydrogen-bond acceptors (Lipinski definition) is 10. The van der Waals surface area contributed by atoms with Gasteiger partial charge in [0.2, 0.25) is 5.91 Å². The summed E-state index contributed by atoms with van der Waals surface area (Å²) < 4.78 is 5.87. The number of nitrogen functional groups attached to an aromatic ring is 1. The molecular weight excluding hydrogens is 783 g/mol. The van der Waals surface area contributed by atoms with Crippen LogP contribution in [-0.2, 0) is 35.2 Å². The number of carbonyl (C=O) groups is 5. The number of ether oxygens (including phenoxy) is 1. The fraction of sp³-hybridized carbons (Fsp3) is 0.652. The van der Waals surface area contributed by atoms with Crippen molar-refractivity contribution < 1.29 is 38.7 Å². The van der Waals surface area contributed by atoms with Crippen LogP contribution in [-0.4, -0.2) is 69.5 Å². The summed E-state index contributed by atoms with van der Waals surface area (Å²) in [6.07, 6.45) is 10.0. The van der Waals surface area contributed by atoms with Crippen LogP contribution in [0.4, 0.5) is 5.69 Å². The molecule has 60 heavy (non-hydrogen) atoms. The Kier molecular flexibility index (Phi) is 20.2. The fourth-order valence-corrected chi connectivity index (χ4v) is 7.88. The summed E-state index contributed by atoms with van der Waals surface area (Å²) in [5.74, 6) is -3.21. The minimum atomic E-state index is -1.13. The van der Waals surface area contributed by atoms with E-state index < -0.39 is 47.5 Å². The highest BCUT2D eigenvalue weighted by Crippen LogP contribution is 2.33. The van der Waals surface area contributed by atoms with E-state index in [2.05, 4.69) is 28.6 Å². The first-order valence-electron chi connectivity index (χ1n) is 21.8. The lowest BCUT2D eigenvalue weighted by atomic mass is 9.84. The second-order valence-corrected chi connectivity index (χ2v) is 18.4. The number of nitrogens with two attached hydrogens (primary N) is 1. The van der Waals surface area contributed by atoms with E-state index in [0.717, 1.165) is 68.3 Å². The van der Waals surface area contributed by atoms with E-state index in [0.29, 0.717) is 23.5 Å². The monoisotopic (exact) mass is 854 g/mol. The number of carboxylic acid groups (broad SMARTS) is 1. The number of benzene rings is 1. The number of aromatic nitrogens is 1. The highest BCUT2D eigenvalue weighted by molar-refractivity contribution is 7.09. The smallest absolute Gasteiger partial charge is 0.309 e. The Morgan fingerprint density at radius 3 is 2.27 bits per heavy atom. The molecule has 0 bridgehead atoms. The van der Waals surface area contributed by atoms with E-state index in [-0.39, 0.29) is 54.7 Å². The number of rotatable bonds is 28. The third-order valence-corrected chi connectivity index (χ3v) is 12.2. The van der Waals surface area contributed by atoms with Crippen LogP contribution in [0.2, 0.25) is 0 Å². The van der Waals surface area contributed by atoms with Crippen molar-refractivity contribution >= 4 is 46.7 Å². The van der Waals surface area contributed by atoms with Gasteiger partial charge in [-0.2, -0.15) is 0 Å². The van der Waals surface area contributed by atoms with Crippen LogP contribution in [0.15, 0.2) is 41.3 Å². The Hall–Kier alpha value is -4.30. The third-order valence-electron chi connectivity index (χ3n) is 11.3. The average molecular weight is 854 g/mol. The molecule has 0 fully saturated rings. The normalized spacial score (nSPS) is 15.5. The Balaban J connectivity index is 1.89. The van der Waals surface area contributed by atoms with Crippen molar-refractivity contribution in [2.24, 2.45) is 23.2 Å². The number of carboxylic acids is 1. The number of thiazole rings is 1. The summed E-state index contributed by atoms with van der Waals surface area (Å²) in [5.41, 5.74) is 7.79. The summed E-state index contributed by atoms with van der Waals surface area (Å²) in [4.78, 5) is 77.8. The molecule has 13 nitrogen and oxygen atoms in total. The SMILES string of the molecule is CCCCCON(C(=O)[C@@H](NC(=O)[C@H](C)CCCCC1=CC1)[C@@H](C)CC)[C@H](C[C@@H](OC(C)=O)c1nc(C(=O)N[C@@H](Cc2ccc(N)cc2)CC(C)(C)C(=O)O)cs1)C(C)C. The zero-order chi connectivity index (χ0) is 44.6. The molecule has 0 radical (unpaired) electrons. The molecule has 1 aromatic carbocycles. The lowest BCUT2D eigenvalue weighted by Gasteiger charge is -2.38. The molecule has 0 saturated carbocycles. The van der Waals surface area contributed by atoms with Gasteiger partial charge < -0.3 is 26.2 Å². The Morgan fingerprint density at radius 1 is 1.00 bits per heavy atom. The quantitative estimate of drug-likeness (QED) is 0.0212. The molecule has 5 N–H and O–H groups in total. The van der Waals surface area contributed by atoms with Crippen molar-refractivity contribution in [3.63, 3.8) is 0 Å². The number of hydrogen-bond donors (Lipinski definition) is 4. The van der Waals surface area contributed by atoms with Gasteiger partial charge in [0.25, 0.3) is 11.8 Å². The van der Waals surface area contributed by atoms with Gasteiger partial charge in [-0.1, -0.05) is 91.0 Å². The maximum atomic E-state index is 14.7. The second-order valence-electron chi connectivity index (χ2n) is 17.5. The Labute approximate surface area is 361 Å². The predicted molar refractivity (Wildman–Crippen MR) is 236 cm³/mol. The zero-order valence-corrected chi connectivity index (χ0v) is 38.2. The summed E-state index contributed by atoms with van der Waals surface area (Å²) in [6, 6.07) is 5.19. The molecule has 0 spiro atoms. The third kappa shape index (κ3) is 16.3. The van der Waals surface area contributed by atoms with Gasteiger partial charge in [0.05, 0.1) is 18.1 Å². The molecule has 1 aromatic heterocycles.